The number of carbonyl (C=O) groups is 1. The van der Waals surface area contributed by atoms with Crippen LogP contribution in [0.25, 0.3) is 0 Å². The van der Waals surface area contributed by atoms with Gasteiger partial charge in [-0.1, -0.05) is 0 Å². The molecule has 2 rings (SSSR count). The van der Waals surface area contributed by atoms with Crippen LogP contribution in [0.5, 0.6) is 0 Å². The van der Waals surface area contributed by atoms with Crippen LogP contribution in [0.1, 0.15) is 43.5 Å². The number of fused-ring (bicyclic) bond motifs is 1. The molecule has 0 bridgehead atoms. The molecule has 1 aliphatic rings. The Morgan fingerprint density at radius 3 is 3.00 bits per heavy atom. The molecule has 0 fully saturated rings. The minimum absolute atomic E-state index is 0.337. The number of hydrogen-bond acceptors (Lipinski definition) is 5. The van der Waals surface area contributed by atoms with Crippen molar-refractivity contribution >= 4 is 11.8 Å². The van der Waals surface area contributed by atoms with Crippen LogP contribution in [0.3, 0.4) is 0 Å². The lowest BCUT2D eigenvalue weighted by atomic mass is 9.95. The van der Waals surface area contributed by atoms with Gasteiger partial charge in [-0.05, 0) is 51.2 Å². The van der Waals surface area contributed by atoms with Gasteiger partial charge in [-0.2, -0.15) is 5.26 Å². The fourth-order valence-corrected chi connectivity index (χ4v) is 2.36. The maximum Gasteiger partial charge on any atom is 0.328 e. The number of aromatic nitrogens is 1. The summed E-state index contributed by atoms with van der Waals surface area (Å²) in [6, 6.07) is 3.52. The van der Waals surface area contributed by atoms with E-state index in [0.717, 1.165) is 36.9 Å². The topological polar surface area (TPSA) is 75.0 Å². The number of aryl methyl sites for hydroxylation is 2. The van der Waals surface area contributed by atoms with Gasteiger partial charge >= 0.3 is 5.97 Å². The normalized spacial score (nSPS) is 14.8. The summed E-state index contributed by atoms with van der Waals surface area (Å²) in [6.07, 6.45) is 4.18. The summed E-state index contributed by atoms with van der Waals surface area (Å²) in [4.78, 5) is 16.2. The molecule has 106 valence electrons. The lowest BCUT2D eigenvalue weighted by molar-refractivity contribution is -0.143. The number of carbonyl (C=O) groups excluding carboxylic acids is 1. The summed E-state index contributed by atoms with van der Waals surface area (Å²) in [7, 11) is 0. The summed E-state index contributed by atoms with van der Waals surface area (Å²) < 4.78 is 4.95. The average molecular weight is 273 g/mol. The second-order valence-electron chi connectivity index (χ2n) is 4.93. The number of anilines is 1. The van der Waals surface area contributed by atoms with E-state index in [1.165, 1.54) is 0 Å². The summed E-state index contributed by atoms with van der Waals surface area (Å²) in [5, 5.41) is 12.2. The van der Waals surface area contributed by atoms with Crippen molar-refractivity contribution in [2.45, 2.75) is 45.6 Å². The minimum atomic E-state index is -0.517. The molecule has 0 radical (unpaired) electrons. The zero-order valence-corrected chi connectivity index (χ0v) is 11.9. The average Bonchev–Trinajstić information content (AvgIpc) is 2.46. The van der Waals surface area contributed by atoms with E-state index in [9.17, 15) is 10.1 Å². The van der Waals surface area contributed by atoms with Gasteiger partial charge in [0.2, 0.25) is 0 Å². The maximum absolute atomic E-state index is 11.6. The quantitative estimate of drug-likeness (QED) is 0.851. The zero-order chi connectivity index (χ0) is 14.5. The van der Waals surface area contributed by atoms with Gasteiger partial charge < -0.3 is 10.1 Å². The Balaban J connectivity index is 2.22. The zero-order valence-electron chi connectivity index (χ0n) is 11.9. The molecule has 5 heteroatoms. The van der Waals surface area contributed by atoms with Crippen molar-refractivity contribution in [1.82, 2.24) is 4.98 Å². The van der Waals surface area contributed by atoms with Gasteiger partial charge in [-0.3, -0.25) is 0 Å². The van der Waals surface area contributed by atoms with Gasteiger partial charge in [-0.15, -0.1) is 0 Å². The van der Waals surface area contributed by atoms with Crippen molar-refractivity contribution in [3.05, 3.63) is 22.9 Å². The lowest BCUT2D eigenvalue weighted by Gasteiger charge is -2.19. The highest BCUT2D eigenvalue weighted by Crippen LogP contribution is 2.24. The molecule has 0 aromatic carbocycles. The molecular formula is C15H19N3O2. The Morgan fingerprint density at radius 1 is 1.55 bits per heavy atom. The SMILES string of the molecule is CCOC(=O)C(C)Nc1nc2c(cc1C#N)CCCC2. The molecular weight excluding hydrogens is 254 g/mol. The number of pyridine rings is 1. The van der Waals surface area contributed by atoms with Crippen LogP contribution in [0.2, 0.25) is 0 Å². The molecule has 0 saturated carbocycles. The molecule has 1 heterocycles. The highest BCUT2D eigenvalue weighted by Gasteiger charge is 2.19. The van der Waals surface area contributed by atoms with Crippen molar-refractivity contribution in [1.29, 1.82) is 5.26 Å². The monoisotopic (exact) mass is 273 g/mol. The molecule has 0 saturated heterocycles. The number of hydrogen-bond donors (Lipinski definition) is 1. The van der Waals surface area contributed by atoms with Crippen LogP contribution in [0.4, 0.5) is 5.82 Å². The first-order chi connectivity index (χ1) is 9.65. The van der Waals surface area contributed by atoms with Crippen LogP contribution in [-0.2, 0) is 22.4 Å². The first-order valence-corrected chi connectivity index (χ1v) is 7.01. The second-order valence-corrected chi connectivity index (χ2v) is 4.93. The number of rotatable bonds is 4. The Hall–Kier alpha value is -2.09. The number of nitriles is 1. The predicted molar refractivity (Wildman–Crippen MR) is 75.3 cm³/mol. The predicted octanol–water partition coefficient (Wildman–Crippen LogP) is 2.20. The van der Waals surface area contributed by atoms with Crippen LogP contribution in [0.15, 0.2) is 6.07 Å². The Morgan fingerprint density at radius 2 is 2.30 bits per heavy atom. The van der Waals surface area contributed by atoms with Gasteiger partial charge in [0.25, 0.3) is 0 Å². The van der Waals surface area contributed by atoms with Crippen molar-refractivity contribution in [3.63, 3.8) is 0 Å². The Kier molecular flexibility index (Phi) is 4.57. The largest absolute Gasteiger partial charge is 0.464 e. The van der Waals surface area contributed by atoms with E-state index in [1.807, 2.05) is 6.07 Å². The van der Waals surface area contributed by atoms with Gasteiger partial charge in [0, 0.05) is 5.69 Å². The van der Waals surface area contributed by atoms with Crippen LogP contribution in [-0.4, -0.2) is 23.6 Å². The molecule has 1 atom stereocenters. The standard InChI is InChI=1S/C15H19N3O2/c1-3-20-15(19)10(2)17-14-12(9-16)8-11-6-4-5-7-13(11)18-14/h8,10H,3-7H2,1-2H3,(H,17,18). The smallest absolute Gasteiger partial charge is 0.328 e. The number of nitrogens with one attached hydrogen (secondary N) is 1. The van der Waals surface area contributed by atoms with E-state index in [4.69, 9.17) is 4.74 Å². The summed E-state index contributed by atoms with van der Waals surface area (Å²) in [6.45, 7) is 3.82. The summed E-state index contributed by atoms with van der Waals surface area (Å²) in [5.74, 6) is 0.143. The highest BCUT2D eigenvalue weighted by molar-refractivity contribution is 5.79. The van der Waals surface area contributed by atoms with Gasteiger partial charge in [0.1, 0.15) is 17.9 Å². The minimum Gasteiger partial charge on any atom is -0.464 e. The van der Waals surface area contributed by atoms with E-state index < -0.39 is 6.04 Å². The van der Waals surface area contributed by atoms with E-state index in [-0.39, 0.29) is 5.97 Å². The first-order valence-electron chi connectivity index (χ1n) is 7.01. The van der Waals surface area contributed by atoms with Crippen LogP contribution < -0.4 is 5.32 Å². The third-order valence-electron chi connectivity index (χ3n) is 3.41. The third-order valence-corrected chi connectivity index (χ3v) is 3.41. The number of ether oxygens (including phenoxy) is 1. The van der Waals surface area contributed by atoms with Crippen molar-refractivity contribution in [3.8, 4) is 6.07 Å². The van der Waals surface area contributed by atoms with E-state index in [0.29, 0.717) is 18.0 Å². The van der Waals surface area contributed by atoms with Crippen molar-refractivity contribution < 1.29 is 9.53 Å². The molecule has 0 amide bonds. The fourth-order valence-electron chi connectivity index (χ4n) is 2.36. The molecule has 1 aromatic heterocycles. The summed E-state index contributed by atoms with van der Waals surface area (Å²) in [5.41, 5.74) is 2.68. The Bertz CT molecular complexity index is 549. The molecule has 5 nitrogen and oxygen atoms in total. The Labute approximate surface area is 119 Å². The molecule has 1 unspecified atom stereocenters. The first kappa shape index (κ1) is 14.3. The third kappa shape index (κ3) is 3.08. The highest BCUT2D eigenvalue weighted by atomic mass is 16.5. The number of esters is 1. The van der Waals surface area contributed by atoms with Crippen LogP contribution in [0, 0.1) is 11.3 Å². The van der Waals surface area contributed by atoms with Crippen molar-refractivity contribution in [2.24, 2.45) is 0 Å². The molecule has 1 aliphatic carbocycles. The molecule has 1 N–H and O–H groups in total. The molecule has 20 heavy (non-hydrogen) atoms. The maximum atomic E-state index is 11.6. The van der Waals surface area contributed by atoms with Gasteiger partial charge in [0.15, 0.2) is 0 Å². The lowest BCUT2D eigenvalue weighted by Crippen LogP contribution is -2.29. The second kappa shape index (κ2) is 6.38. The van der Waals surface area contributed by atoms with Crippen molar-refractivity contribution in [2.75, 3.05) is 11.9 Å². The van der Waals surface area contributed by atoms with Gasteiger partial charge in [-0.25, -0.2) is 9.78 Å². The molecule has 1 aromatic rings. The molecule has 0 aliphatic heterocycles. The number of nitrogens with zero attached hydrogens (tertiary/aromatic N) is 2. The van der Waals surface area contributed by atoms with E-state index in [2.05, 4.69) is 16.4 Å². The van der Waals surface area contributed by atoms with E-state index in [1.54, 1.807) is 13.8 Å². The molecule has 0 spiro atoms. The van der Waals surface area contributed by atoms with Gasteiger partial charge in [0.05, 0.1) is 12.2 Å². The summed E-state index contributed by atoms with van der Waals surface area (Å²) >= 11 is 0. The van der Waals surface area contributed by atoms with Crippen LogP contribution >= 0.6 is 0 Å². The van der Waals surface area contributed by atoms with E-state index >= 15 is 0 Å². The fraction of sp³-hybridized carbons (Fsp3) is 0.533.